The van der Waals surface area contributed by atoms with Crippen molar-refractivity contribution < 1.29 is 38.7 Å². The summed E-state index contributed by atoms with van der Waals surface area (Å²) in [4.78, 5) is 32.7. The zero-order valence-electron chi connectivity index (χ0n) is 23.9. The first kappa shape index (κ1) is 26.5. The molecule has 0 unspecified atom stereocenters. The Morgan fingerprint density at radius 1 is 0.833 bits per heavy atom. The van der Waals surface area contributed by atoms with Crippen molar-refractivity contribution in [1.82, 2.24) is 0 Å². The number of methoxy groups -OCH3 is 4. The molecule has 7 rings (SSSR count). The first-order chi connectivity index (χ1) is 20.2. The second-order valence-electron chi connectivity index (χ2n) is 10.5. The van der Waals surface area contributed by atoms with Crippen LogP contribution in [0.1, 0.15) is 40.9 Å². The topological polar surface area (TPSA) is 124 Å². The van der Waals surface area contributed by atoms with Crippen LogP contribution in [-0.2, 0) is 16.0 Å². The van der Waals surface area contributed by atoms with Crippen molar-refractivity contribution in [3.8, 4) is 28.7 Å². The van der Waals surface area contributed by atoms with Gasteiger partial charge in [0, 0.05) is 62.2 Å². The van der Waals surface area contributed by atoms with E-state index in [-0.39, 0.29) is 40.8 Å². The Morgan fingerprint density at radius 3 is 2.19 bits per heavy atom. The third kappa shape index (κ3) is 3.02. The summed E-state index contributed by atoms with van der Waals surface area (Å²) in [5, 5.41) is 27.4. The maximum absolute atomic E-state index is 13.7. The number of aromatic hydroxyl groups is 2. The van der Waals surface area contributed by atoms with Gasteiger partial charge in [0.1, 0.15) is 11.5 Å². The van der Waals surface area contributed by atoms with Crippen LogP contribution in [0.5, 0.6) is 28.7 Å². The summed E-state index contributed by atoms with van der Waals surface area (Å²) < 4.78 is 23.6. The lowest BCUT2D eigenvalue weighted by Crippen LogP contribution is -2.18. The summed E-state index contributed by atoms with van der Waals surface area (Å²) >= 11 is 1.56. The largest absolute Gasteiger partial charge is 0.504 e. The molecule has 42 heavy (non-hydrogen) atoms. The van der Waals surface area contributed by atoms with E-state index in [4.69, 9.17) is 23.9 Å². The van der Waals surface area contributed by atoms with Crippen LogP contribution in [-0.4, -0.2) is 62.5 Å². The van der Waals surface area contributed by atoms with Gasteiger partial charge in [-0.25, -0.2) is 0 Å². The van der Waals surface area contributed by atoms with Crippen molar-refractivity contribution in [2.75, 3.05) is 40.7 Å². The van der Waals surface area contributed by atoms with Crippen LogP contribution in [0.2, 0.25) is 0 Å². The molecule has 3 aliphatic rings. The van der Waals surface area contributed by atoms with Crippen molar-refractivity contribution in [3.05, 3.63) is 39.3 Å². The highest BCUT2D eigenvalue weighted by Gasteiger charge is 2.39. The fourth-order valence-corrected chi connectivity index (χ4v) is 8.12. The van der Waals surface area contributed by atoms with Crippen LogP contribution < -0.4 is 19.6 Å². The number of benzene rings is 4. The number of carbonyl (C=O) groups is 2. The minimum absolute atomic E-state index is 0.0687. The number of Topliss-reactive ketones (excluding diaryl/α,β-unsaturated/α-hetero) is 1. The van der Waals surface area contributed by atoms with Crippen molar-refractivity contribution in [2.24, 2.45) is 4.99 Å². The molecule has 0 saturated carbocycles. The molecule has 2 N–H and O–H groups in total. The number of phenolic OH excluding ortho intramolecular Hbond substituents is 2. The van der Waals surface area contributed by atoms with E-state index in [1.165, 1.54) is 34.3 Å². The maximum Gasteiger partial charge on any atom is 0.194 e. The minimum atomic E-state index is -0.446. The van der Waals surface area contributed by atoms with Crippen LogP contribution >= 0.6 is 11.8 Å². The van der Waals surface area contributed by atoms with Gasteiger partial charge in [-0.15, -0.1) is 11.8 Å². The molecule has 214 valence electrons. The number of hydrogen-bond donors (Lipinski definition) is 2. The van der Waals surface area contributed by atoms with E-state index in [1.807, 2.05) is 6.92 Å². The molecule has 4 aromatic rings. The van der Waals surface area contributed by atoms with Crippen LogP contribution in [0.4, 0.5) is 0 Å². The Morgan fingerprint density at radius 2 is 1.55 bits per heavy atom. The standard InChI is InChI=1S/C32H27NO8S/c1-11-9-13-17-20-18(27(36)29(13)39-4)14(35)10-15(38-3)19(20)24-22-21(17)23(16(11)12(2)34)30(40-5)28(37)25(22)26-32(31(24)41-6)42-8-7-33-26/h10,36-37H,7-9H2,1-6H3. The van der Waals surface area contributed by atoms with Gasteiger partial charge in [0.05, 0.1) is 49.6 Å². The van der Waals surface area contributed by atoms with Gasteiger partial charge >= 0.3 is 0 Å². The molecule has 1 heterocycles. The number of hydrogen-bond acceptors (Lipinski definition) is 10. The lowest BCUT2D eigenvalue weighted by molar-refractivity contribution is -0.111. The van der Waals surface area contributed by atoms with E-state index in [9.17, 15) is 19.8 Å². The maximum atomic E-state index is 13.7. The predicted molar refractivity (Wildman–Crippen MR) is 161 cm³/mol. The van der Waals surface area contributed by atoms with E-state index in [0.717, 1.165) is 4.90 Å². The van der Waals surface area contributed by atoms with Gasteiger partial charge in [-0.05, 0) is 25.7 Å². The third-order valence-electron chi connectivity index (χ3n) is 8.51. The highest BCUT2D eigenvalue weighted by molar-refractivity contribution is 7.99. The van der Waals surface area contributed by atoms with Crippen molar-refractivity contribution in [1.29, 1.82) is 0 Å². The molecule has 10 heteroatoms. The van der Waals surface area contributed by atoms with Gasteiger partial charge in [0.25, 0.3) is 0 Å². The smallest absolute Gasteiger partial charge is 0.194 e. The van der Waals surface area contributed by atoms with E-state index < -0.39 is 5.78 Å². The van der Waals surface area contributed by atoms with Crippen molar-refractivity contribution in [2.45, 2.75) is 25.2 Å². The zero-order valence-corrected chi connectivity index (χ0v) is 24.7. The summed E-state index contributed by atoms with van der Waals surface area (Å²) in [5.74, 6) is 0.692. The fourth-order valence-electron chi connectivity index (χ4n) is 7.11. The molecule has 0 spiro atoms. The highest BCUT2D eigenvalue weighted by atomic mass is 32.2. The second kappa shape index (κ2) is 9.03. The fraction of sp³-hybridized carbons (Fsp3) is 0.281. The van der Waals surface area contributed by atoms with Crippen molar-refractivity contribution >= 4 is 67.0 Å². The Kier molecular flexibility index (Phi) is 5.69. The Balaban J connectivity index is 2.00. The van der Waals surface area contributed by atoms with E-state index in [0.29, 0.717) is 89.3 Å². The minimum Gasteiger partial charge on any atom is -0.504 e. The molecule has 0 atom stereocenters. The first-order valence-electron chi connectivity index (χ1n) is 13.4. The van der Waals surface area contributed by atoms with Gasteiger partial charge in [0.2, 0.25) is 0 Å². The Hall–Kier alpha value is -4.44. The first-order valence-corrected chi connectivity index (χ1v) is 14.4. The van der Waals surface area contributed by atoms with Gasteiger partial charge in [-0.1, -0.05) is 5.57 Å². The average molecular weight is 586 g/mol. The van der Waals surface area contributed by atoms with Gasteiger partial charge in [-0.2, -0.15) is 0 Å². The number of ketones is 2. The molecule has 0 bridgehead atoms. The van der Waals surface area contributed by atoms with Crippen LogP contribution in [0.25, 0.3) is 43.6 Å². The molecule has 4 aromatic carbocycles. The van der Waals surface area contributed by atoms with Gasteiger partial charge < -0.3 is 29.2 Å². The Labute approximate surface area is 244 Å². The highest BCUT2D eigenvalue weighted by Crippen LogP contribution is 2.59. The molecule has 9 nitrogen and oxygen atoms in total. The monoisotopic (exact) mass is 585 g/mol. The SMILES string of the molecule is COC1=CC(=O)c2c(O)c(OC)c3c4c2c1c1c(OC)c2c(c5c(O)c(OC)c(c4c15)C(C(C)=O)=C(C)C3)=NCCS2. The molecular formula is C32H27NO8S. The summed E-state index contributed by atoms with van der Waals surface area (Å²) in [7, 11) is 5.94. The molecular weight excluding hydrogens is 558 g/mol. The zero-order chi connectivity index (χ0) is 29.8. The molecule has 0 radical (unpaired) electrons. The van der Waals surface area contributed by atoms with Crippen LogP contribution in [0.15, 0.2) is 21.5 Å². The van der Waals surface area contributed by atoms with E-state index in [1.54, 1.807) is 18.9 Å². The quantitative estimate of drug-likeness (QED) is 0.242. The van der Waals surface area contributed by atoms with E-state index >= 15 is 0 Å². The number of rotatable bonds is 5. The lowest BCUT2D eigenvalue weighted by Gasteiger charge is -2.28. The number of fused-ring (bicyclic) bond motifs is 3. The average Bonchev–Trinajstić information content (AvgIpc) is 3.10. The molecule has 0 aromatic heterocycles. The number of phenols is 2. The van der Waals surface area contributed by atoms with Gasteiger partial charge in [0.15, 0.2) is 34.6 Å². The number of carbonyl (C=O) groups excluding carboxylic acids is 2. The summed E-state index contributed by atoms with van der Waals surface area (Å²) in [6.07, 6.45) is 1.58. The molecule has 2 aliphatic carbocycles. The van der Waals surface area contributed by atoms with Crippen LogP contribution in [0.3, 0.4) is 0 Å². The lowest BCUT2D eigenvalue weighted by atomic mass is 9.79. The third-order valence-corrected chi connectivity index (χ3v) is 9.56. The van der Waals surface area contributed by atoms with E-state index in [2.05, 4.69) is 0 Å². The number of thioether (sulfide) groups is 1. The number of nitrogens with zero attached hydrogens (tertiary/aromatic N) is 1. The van der Waals surface area contributed by atoms with Gasteiger partial charge in [-0.3, -0.25) is 14.6 Å². The summed E-state index contributed by atoms with van der Waals surface area (Å²) in [5.41, 5.74) is 2.70. The second-order valence-corrected chi connectivity index (χ2v) is 11.6. The number of ether oxygens (including phenoxy) is 4. The van der Waals surface area contributed by atoms with Crippen molar-refractivity contribution in [3.63, 3.8) is 0 Å². The summed E-state index contributed by atoms with van der Waals surface area (Å²) in [6, 6.07) is 0. The summed E-state index contributed by atoms with van der Waals surface area (Å²) in [6.45, 7) is 3.84. The van der Waals surface area contributed by atoms with Crippen LogP contribution in [0, 0.1) is 0 Å². The molecule has 0 amide bonds. The molecule has 0 saturated heterocycles. The Bertz CT molecular complexity index is 2110. The number of allylic oxidation sites excluding steroid dienone is 3. The normalized spacial score (nSPS) is 15.6. The predicted octanol–water partition coefficient (Wildman–Crippen LogP) is 5.13. The molecule has 1 aliphatic heterocycles. The molecule has 0 fully saturated rings.